The van der Waals surface area contributed by atoms with Gasteiger partial charge in [-0.1, -0.05) is 97.1 Å². The molecule has 5 aromatic carbocycles. The van der Waals surface area contributed by atoms with Gasteiger partial charge in [0.2, 0.25) is 0 Å². The lowest BCUT2D eigenvalue weighted by Crippen LogP contribution is -2.28. The number of fused-ring (bicyclic) bond motifs is 2. The van der Waals surface area contributed by atoms with Gasteiger partial charge in [0.05, 0.1) is 11.4 Å². The summed E-state index contributed by atoms with van der Waals surface area (Å²) in [4.78, 5) is 24.9. The van der Waals surface area contributed by atoms with Crippen LogP contribution in [0.5, 0.6) is 0 Å². The number of carbonyl (C=O) groups excluding carboxylic acids is 2. The van der Waals surface area contributed by atoms with Crippen LogP contribution in [0, 0.1) is 0 Å². The van der Waals surface area contributed by atoms with Crippen molar-refractivity contribution in [3.8, 4) is 0 Å². The number of nitrogens with one attached hydrogen (secondary N) is 4. The summed E-state index contributed by atoms with van der Waals surface area (Å²) in [5.41, 5.74) is 3.47. The van der Waals surface area contributed by atoms with Gasteiger partial charge < -0.3 is 21.3 Å². The molecule has 0 aliphatic heterocycles. The monoisotopic (exact) mass is 474 g/mol. The maximum absolute atomic E-state index is 12.4. The largest absolute Gasteiger partial charge is 0.334 e. The highest BCUT2D eigenvalue weighted by Gasteiger charge is 2.07. The fourth-order valence-electron chi connectivity index (χ4n) is 4.14. The number of rotatable bonds is 6. The van der Waals surface area contributed by atoms with E-state index in [9.17, 15) is 9.59 Å². The molecule has 4 amide bonds. The van der Waals surface area contributed by atoms with Gasteiger partial charge in [-0.25, -0.2) is 9.59 Å². The molecule has 6 heteroatoms. The van der Waals surface area contributed by atoms with Gasteiger partial charge >= 0.3 is 12.1 Å². The van der Waals surface area contributed by atoms with E-state index in [1.165, 1.54) is 0 Å². The van der Waals surface area contributed by atoms with Crippen molar-refractivity contribution in [3.63, 3.8) is 0 Å². The van der Waals surface area contributed by atoms with E-state index in [4.69, 9.17) is 0 Å². The quantitative estimate of drug-likeness (QED) is 0.223. The fraction of sp³-hybridized carbons (Fsp3) is 0.0667. The summed E-state index contributed by atoms with van der Waals surface area (Å²) in [7, 11) is 0. The molecule has 0 spiro atoms. The molecule has 0 bridgehead atoms. The Morgan fingerprint density at radius 3 is 1.31 bits per heavy atom. The lowest BCUT2D eigenvalue weighted by atomic mass is 10.1. The Bertz CT molecular complexity index is 1400. The first kappa shape index (κ1) is 22.9. The minimum absolute atomic E-state index is 0.262. The molecule has 0 atom stereocenters. The Morgan fingerprint density at radius 1 is 0.472 bits per heavy atom. The second-order valence-electron chi connectivity index (χ2n) is 8.49. The maximum atomic E-state index is 12.4. The highest BCUT2D eigenvalue weighted by molar-refractivity contribution is 6.02. The Morgan fingerprint density at radius 2 is 0.861 bits per heavy atom. The van der Waals surface area contributed by atoms with E-state index < -0.39 is 0 Å². The van der Waals surface area contributed by atoms with E-state index in [0.29, 0.717) is 13.1 Å². The molecule has 0 saturated carbocycles. The normalized spacial score (nSPS) is 10.7. The Labute approximate surface area is 209 Å². The second-order valence-corrected chi connectivity index (χ2v) is 8.49. The van der Waals surface area contributed by atoms with E-state index in [1.807, 2.05) is 109 Å². The molecule has 4 N–H and O–H groups in total. The minimum atomic E-state index is -0.262. The predicted octanol–water partition coefficient (Wildman–Crippen LogP) is 6.64. The van der Waals surface area contributed by atoms with Crippen molar-refractivity contribution in [2.45, 2.75) is 13.1 Å². The molecule has 0 heterocycles. The molecule has 0 radical (unpaired) electrons. The number of hydrogen-bond acceptors (Lipinski definition) is 2. The Balaban J connectivity index is 1.11. The lowest BCUT2D eigenvalue weighted by Gasteiger charge is -2.11. The van der Waals surface area contributed by atoms with Crippen LogP contribution in [-0.4, -0.2) is 12.1 Å². The molecule has 0 aliphatic rings. The molecular formula is C30H26N4O2. The number of benzene rings is 5. The third kappa shape index (κ3) is 5.45. The van der Waals surface area contributed by atoms with Crippen molar-refractivity contribution in [2.24, 2.45) is 0 Å². The third-order valence-electron chi connectivity index (χ3n) is 6.00. The van der Waals surface area contributed by atoms with E-state index in [0.717, 1.165) is 44.0 Å². The summed E-state index contributed by atoms with van der Waals surface area (Å²) < 4.78 is 0. The van der Waals surface area contributed by atoms with Gasteiger partial charge in [0.1, 0.15) is 0 Å². The van der Waals surface area contributed by atoms with Crippen molar-refractivity contribution < 1.29 is 9.59 Å². The first-order valence-electron chi connectivity index (χ1n) is 11.8. The number of anilines is 2. The minimum Gasteiger partial charge on any atom is -0.334 e. The van der Waals surface area contributed by atoms with Crippen LogP contribution >= 0.6 is 0 Å². The molecule has 0 aromatic heterocycles. The smallest absolute Gasteiger partial charge is 0.319 e. The summed E-state index contributed by atoms with van der Waals surface area (Å²) in [6, 6.07) is 34.8. The van der Waals surface area contributed by atoms with Gasteiger partial charge in [-0.05, 0) is 34.0 Å². The molecule has 0 unspecified atom stereocenters. The zero-order valence-corrected chi connectivity index (χ0v) is 19.6. The van der Waals surface area contributed by atoms with Gasteiger partial charge in [-0.3, -0.25) is 0 Å². The Kier molecular flexibility index (Phi) is 6.76. The van der Waals surface area contributed by atoms with Crippen molar-refractivity contribution >= 4 is 45.0 Å². The van der Waals surface area contributed by atoms with E-state index in [1.54, 1.807) is 0 Å². The molecule has 5 rings (SSSR count). The molecule has 5 aromatic rings. The van der Waals surface area contributed by atoms with Gasteiger partial charge in [0.25, 0.3) is 0 Å². The molecule has 0 aliphatic carbocycles. The first-order chi connectivity index (χ1) is 17.7. The van der Waals surface area contributed by atoms with Crippen LogP contribution in [-0.2, 0) is 13.1 Å². The van der Waals surface area contributed by atoms with E-state index in [-0.39, 0.29) is 12.1 Å². The lowest BCUT2D eigenvalue weighted by molar-refractivity contribution is 0.251. The highest BCUT2D eigenvalue weighted by Crippen LogP contribution is 2.23. The van der Waals surface area contributed by atoms with Gasteiger partial charge in [-0.2, -0.15) is 0 Å². The standard InChI is InChI=1S/C30H26N4O2/c35-29(33-27-13-5-9-23-7-1-3-11-25(23)27)31-19-21-15-17-22(18-16-21)20-32-30(36)34-28-14-6-10-24-8-2-4-12-26(24)28/h1-18H,19-20H2,(H2,31,33,35)(H2,32,34,36). The van der Waals surface area contributed by atoms with Crippen LogP contribution in [0.3, 0.4) is 0 Å². The van der Waals surface area contributed by atoms with Crippen LogP contribution < -0.4 is 21.3 Å². The van der Waals surface area contributed by atoms with Crippen LogP contribution in [0.4, 0.5) is 21.0 Å². The summed E-state index contributed by atoms with van der Waals surface area (Å²) in [5, 5.41) is 15.8. The molecule has 36 heavy (non-hydrogen) atoms. The molecule has 6 nitrogen and oxygen atoms in total. The van der Waals surface area contributed by atoms with Crippen molar-refractivity contribution in [3.05, 3.63) is 120 Å². The molecule has 178 valence electrons. The number of hydrogen-bond donors (Lipinski definition) is 4. The highest BCUT2D eigenvalue weighted by atomic mass is 16.2. The third-order valence-corrected chi connectivity index (χ3v) is 6.00. The van der Waals surface area contributed by atoms with Gasteiger partial charge in [-0.15, -0.1) is 0 Å². The number of urea groups is 2. The molecule has 0 saturated heterocycles. The summed E-state index contributed by atoms with van der Waals surface area (Å²) in [5.74, 6) is 0. The maximum Gasteiger partial charge on any atom is 0.319 e. The van der Waals surface area contributed by atoms with Gasteiger partial charge in [0, 0.05) is 23.9 Å². The topological polar surface area (TPSA) is 82.3 Å². The fourth-order valence-corrected chi connectivity index (χ4v) is 4.14. The predicted molar refractivity (Wildman–Crippen MR) is 146 cm³/mol. The zero-order valence-electron chi connectivity index (χ0n) is 19.6. The summed E-state index contributed by atoms with van der Waals surface area (Å²) in [6.45, 7) is 0.789. The molecule has 0 fully saturated rings. The second kappa shape index (κ2) is 10.6. The first-order valence-corrected chi connectivity index (χ1v) is 11.8. The van der Waals surface area contributed by atoms with Crippen LogP contribution in [0.1, 0.15) is 11.1 Å². The number of amides is 4. The van der Waals surface area contributed by atoms with E-state index >= 15 is 0 Å². The summed E-state index contributed by atoms with van der Waals surface area (Å²) >= 11 is 0. The van der Waals surface area contributed by atoms with Gasteiger partial charge in [0.15, 0.2) is 0 Å². The average molecular weight is 475 g/mol. The van der Waals surface area contributed by atoms with Crippen molar-refractivity contribution in [2.75, 3.05) is 10.6 Å². The van der Waals surface area contributed by atoms with E-state index in [2.05, 4.69) is 21.3 Å². The van der Waals surface area contributed by atoms with Crippen molar-refractivity contribution in [1.29, 1.82) is 0 Å². The van der Waals surface area contributed by atoms with Crippen LogP contribution in [0.15, 0.2) is 109 Å². The van der Waals surface area contributed by atoms with Crippen LogP contribution in [0.25, 0.3) is 21.5 Å². The average Bonchev–Trinajstić information content (AvgIpc) is 2.92. The van der Waals surface area contributed by atoms with Crippen LogP contribution in [0.2, 0.25) is 0 Å². The summed E-state index contributed by atoms with van der Waals surface area (Å²) in [6.07, 6.45) is 0. The number of carbonyl (C=O) groups is 2. The zero-order chi connectivity index (χ0) is 24.7. The molecular weight excluding hydrogens is 448 g/mol. The van der Waals surface area contributed by atoms with Crippen molar-refractivity contribution in [1.82, 2.24) is 10.6 Å². The SMILES string of the molecule is O=C(NCc1ccc(CNC(=O)Nc2cccc3ccccc23)cc1)Nc1cccc2ccccc12. The Hall–Kier alpha value is -4.84.